The molecule has 7 heteroatoms. The molecule has 3 heterocycles. The first-order valence-electron chi connectivity index (χ1n) is 13.8. The number of hydrogen-bond donors (Lipinski definition) is 1. The molecule has 1 aliphatic heterocycles. The lowest BCUT2D eigenvalue weighted by atomic mass is 9.93. The number of amides is 1. The number of fused-ring (bicyclic) bond motifs is 2. The van der Waals surface area contributed by atoms with Crippen molar-refractivity contribution < 1.29 is 4.79 Å². The molecule has 41 heavy (non-hydrogen) atoms. The zero-order chi connectivity index (χ0) is 28.8. The Morgan fingerprint density at radius 1 is 0.976 bits per heavy atom. The van der Waals surface area contributed by atoms with Crippen LogP contribution >= 0.6 is 11.3 Å². The van der Waals surface area contributed by atoms with Gasteiger partial charge in [0.15, 0.2) is 4.80 Å². The van der Waals surface area contributed by atoms with Crippen molar-refractivity contribution in [2.24, 2.45) is 12.0 Å². The van der Waals surface area contributed by atoms with Crippen LogP contribution in [0.2, 0.25) is 0 Å². The molecule has 0 saturated heterocycles. The number of anilines is 1. The van der Waals surface area contributed by atoms with E-state index in [4.69, 9.17) is 4.99 Å². The molecule has 6 nitrogen and oxygen atoms in total. The quantitative estimate of drug-likeness (QED) is 0.295. The van der Waals surface area contributed by atoms with Crippen molar-refractivity contribution in [3.63, 3.8) is 0 Å². The third kappa shape index (κ3) is 4.66. The van der Waals surface area contributed by atoms with Gasteiger partial charge in [0.2, 0.25) is 0 Å². The molecule has 1 amide bonds. The molecule has 1 aliphatic rings. The molecule has 0 saturated carbocycles. The molecular weight excluding hydrogens is 528 g/mol. The number of rotatable bonds is 5. The van der Waals surface area contributed by atoms with Gasteiger partial charge in [-0.25, -0.2) is 4.99 Å². The van der Waals surface area contributed by atoms with Gasteiger partial charge in [0, 0.05) is 34.9 Å². The summed E-state index contributed by atoms with van der Waals surface area (Å²) in [7, 11) is 2.04. The summed E-state index contributed by atoms with van der Waals surface area (Å²) in [4.78, 5) is 33.4. The number of nitrogens with zero attached hydrogens (tertiary/aromatic N) is 3. The first kappa shape index (κ1) is 26.7. The highest BCUT2D eigenvalue weighted by atomic mass is 32.1. The van der Waals surface area contributed by atoms with Crippen molar-refractivity contribution in [1.29, 1.82) is 0 Å². The summed E-state index contributed by atoms with van der Waals surface area (Å²) in [6.45, 7) is 8.21. The zero-order valence-corrected chi connectivity index (χ0v) is 24.6. The van der Waals surface area contributed by atoms with Crippen LogP contribution in [-0.4, -0.2) is 15.0 Å². The molecule has 0 spiro atoms. The molecule has 1 atom stereocenters. The Kier molecular flexibility index (Phi) is 6.83. The number of carbonyl (C=O) groups is 1. The predicted molar refractivity (Wildman–Crippen MR) is 167 cm³/mol. The fraction of sp³-hybridized carbons (Fsp3) is 0.206. The summed E-state index contributed by atoms with van der Waals surface area (Å²) < 4.78 is 4.42. The minimum absolute atomic E-state index is 0.156. The van der Waals surface area contributed by atoms with E-state index in [1.54, 1.807) is 4.57 Å². The molecule has 0 aliphatic carbocycles. The van der Waals surface area contributed by atoms with E-state index in [2.05, 4.69) is 54.9 Å². The van der Waals surface area contributed by atoms with Crippen molar-refractivity contribution >= 4 is 39.9 Å². The first-order chi connectivity index (χ1) is 19.7. The van der Waals surface area contributed by atoms with Crippen molar-refractivity contribution in [3.8, 4) is 0 Å². The van der Waals surface area contributed by atoms with Crippen LogP contribution in [0.1, 0.15) is 55.1 Å². The number of aryl methyl sites for hydroxylation is 1. The van der Waals surface area contributed by atoms with Gasteiger partial charge in [-0.15, -0.1) is 0 Å². The smallest absolute Gasteiger partial charge is 0.271 e. The predicted octanol–water partition coefficient (Wildman–Crippen LogP) is 5.80. The van der Waals surface area contributed by atoms with Crippen molar-refractivity contribution in [3.05, 3.63) is 132 Å². The van der Waals surface area contributed by atoms with E-state index in [-0.39, 0.29) is 11.5 Å². The van der Waals surface area contributed by atoms with E-state index in [1.165, 1.54) is 16.9 Å². The SMILES string of the molecule is CC1=C(C(=O)Nc2ccccc2)[C@@H](c2ccc(C(C)C)cc2)n2c(s/c(=C\c3c(C)n(C)c4ccccc34)c2=O)=N1. The maximum atomic E-state index is 14.2. The largest absolute Gasteiger partial charge is 0.347 e. The molecule has 6 rings (SSSR count). The molecule has 206 valence electrons. The van der Waals surface area contributed by atoms with Crippen molar-refractivity contribution in [1.82, 2.24) is 9.13 Å². The molecule has 0 bridgehead atoms. The fourth-order valence-corrected chi connectivity index (χ4v) is 6.60. The average molecular weight is 561 g/mol. The van der Waals surface area contributed by atoms with Crippen LogP contribution in [-0.2, 0) is 11.8 Å². The first-order valence-corrected chi connectivity index (χ1v) is 14.6. The number of benzene rings is 3. The number of para-hydroxylation sites is 2. The fourth-order valence-electron chi connectivity index (χ4n) is 5.57. The highest BCUT2D eigenvalue weighted by molar-refractivity contribution is 7.07. The minimum atomic E-state index is -0.605. The monoisotopic (exact) mass is 560 g/mol. The van der Waals surface area contributed by atoms with E-state index < -0.39 is 6.04 Å². The Bertz CT molecular complexity index is 2010. The number of thiazole rings is 1. The number of allylic oxidation sites excluding steroid dienone is 1. The maximum absolute atomic E-state index is 14.2. The summed E-state index contributed by atoms with van der Waals surface area (Å²) in [5.74, 6) is 0.0997. The van der Waals surface area contributed by atoms with E-state index in [0.29, 0.717) is 32.2 Å². The Morgan fingerprint density at radius 2 is 1.66 bits per heavy atom. The Hall–Kier alpha value is -4.49. The van der Waals surface area contributed by atoms with Gasteiger partial charge in [0.25, 0.3) is 11.5 Å². The normalized spacial score (nSPS) is 15.4. The second-order valence-corrected chi connectivity index (χ2v) is 11.8. The standard InChI is InChI=1S/C34H32N4O2S/c1-20(2)23-15-17-24(18-16-23)31-30(32(39)36-25-11-7-6-8-12-25)21(3)35-34-38(31)33(40)29(41-34)19-27-22(4)37(5)28-14-10-9-13-26(27)28/h6-20,31H,1-5H3,(H,36,39)/b29-19-/t31-/m1/s1. The van der Waals surface area contributed by atoms with Crippen LogP contribution in [0.4, 0.5) is 5.69 Å². The van der Waals surface area contributed by atoms with Gasteiger partial charge < -0.3 is 9.88 Å². The van der Waals surface area contributed by atoms with Gasteiger partial charge >= 0.3 is 0 Å². The summed E-state index contributed by atoms with van der Waals surface area (Å²) >= 11 is 1.36. The molecule has 1 N–H and O–H groups in total. The van der Waals surface area contributed by atoms with Gasteiger partial charge in [-0.3, -0.25) is 14.2 Å². The van der Waals surface area contributed by atoms with Crippen molar-refractivity contribution in [2.45, 2.75) is 39.7 Å². The molecular formula is C34H32N4O2S. The highest BCUT2D eigenvalue weighted by Gasteiger charge is 2.32. The Morgan fingerprint density at radius 3 is 2.37 bits per heavy atom. The van der Waals surface area contributed by atoms with Gasteiger partial charge in [0.05, 0.1) is 21.8 Å². The average Bonchev–Trinajstić information content (AvgIpc) is 3.41. The van der Waals surface area contributed by atoms with Crippen LogP contribution in [0.25, 0.3) is 17.0 Å². The summed E-state index contributed by atoms with van der Waals surface area (Å²) in [5.41, 5.74) is 6.88. The second-order valence-electron chi connectivity index (χ2n) is 10.8. The van der Waals surface area contributed by atoms with E-state index in [0.717, 1.165) is 27.7 Å². The lowest BCUT2D eigenvalue weighted by molar-refractivity contribution is -0.113. The van der Waals surface area contributed by atoms with Crippen LogP contribution < -0.4 is 20.2 Å². The van der Waals surface area contributed by atoms with Crippen LogP contribution in [0.15, 0.2) is 99.9 Å². The van der Waals surface area contributed by atoms with Crippen LogP contribution in [0, 0.1) is 6.92 Å². The summed E-state index contributed by atoms with van der Waals surface area (Å²) in [5, 5.41) is 4.11. The molecule has 3 aromatic carbocycles. The number of carbonyl (C=O) groups excluding carboxylic acids is 1. The lowest BCUT2D eigenvalue weighted by Gasteiger charge is -2.25. The molecule has 0 radical (unpaired) electrons. The van der Waals surface area contributed by atoms with E-state index in [9.17, 15) is 9.59 Å². The topological polar surface area (TPSA) is 68.4 Å². The summed E-state index contributed by atoms with van der Waals surface area (Å²) in [6, 6.07) is 25.2. The van der Waals surface area contributed by atoms with E-state index in [1.807, 2.05) is 74.6 Å². The van der Waals surface area contributed by atoms with Crippen molar-refractivity contribution in [2.75, 3.05) is 5.32 Å². The van der Waals surface area contributed by atoms with Crippen LogP contribution in [0.5, 0.6) is 0 Å². The van der Waals surface area contributed by atoms with Gasteiger partial charge in [-0.05, 0) is 55.2 Å². The number of nitrogens with one attached hydrogen (secondary N) is 1. The molecule has 0 fully saturated rings. The Balaban J connectivity index is 1.54. The van der Waals surface area contributed by atoms with Gasteiger partial charge in [-0.1, -0.05) is 85.8 Å². The summed E-state index contributed by atoms with van der Waals surface area (Å²) in [6.07, 6.45) is 1.98. The van der Waals surface area contributed by atoms with Gasteiger partial charge in [-0.2, -0.15) is 0 Å². The third-order valence-corrected chi connectivity index (χ3v) is 8.92. The Labute approximate surface area is 242 Å². The minimum Gasteiger partial charge on any atom is -0.347 e. The lowest BCUT2D eigenvalue weighted by Crippen LogP contribution is -2.40. The van der Waals surface area contributed by atoms with Crippen LogP contribution in [0.3, 0.4) is 0 Å². The maximum Gasteiger partial charge on any atom is 0.271 e. The number of hydrogen-bond acceptors (Lipinski definition) is 4. The number of aromatic nitrogens is 2. The third-order valence-electron chi connectivity index (χ3n) is 7.94. The molecule has 0 unspecified atom stereocenters. The zero-order valence-electron chi connectivity index (χ0n) is 23.8. The second kappa shape index (κ2) is 10.5. The molecule has 5 aromatic rings. The highest BCUT2D eigenvalue weighted by Crippen LogP contribution is 2.32. The van der Waals surface area contributed by atoms with Gasteiger partial charge in [0.1, 0.15) is 0 Å². The van der Waals surface area contributed by atoms with E-state index >= 15 is 0 Å². The molecule has 2 aromatic heterocycles.